The summed E-state index contributed by atoms with van der Waals surface area (Å²) in [4.78, 5) is 19.5. The maximum absolute atomic E-state index is 13.2. The van der Waals surface area contributed by atoms with Crippen LogP contribution in [0.5, 0.6) is 0 Å². The van der Waals surface area contributed by atoms with Crippen LogP contribution in [0.4, 0.5) is 0 Å². The monoisotopic (exact) mass is 376 g/mol. The van der Waals surface area contributed by atoms with Gasteiger partial charge in [-0.15, -0.1) is 13.2 Å². The van der Waals surface area contributed by atoms with E-state index in [4.69, 9.17) is 4.52 Å². The molecular weight excluding hydrogens is 352 g/mol. The summed E-state index contributed by atoms with van der Waals surface area (Å²) >= 11 is 0. The first-order chi connectivity index (χ1) is 13.7. The first-order valence-electron chi connectivity index (χ1n) is 9.56. The standard InChI is InChI=1S/C22H24N4O2/c1-3-10-22(11-4-2)12-7-13-26(22)21(27)19-14-17(28-24-19)15-25-16-23-18-8-5-6-9-20(18)25/h3-6,8-9,14,16H,1-2,7,10-13,15H2. The molecule has 3 heterocycles. The minimum absolute atomic E-state index is 0.0910. The zero-order valence-corrected chi connectivity index (χ0v) is 15.9. The van der Waals surface area contributed by atoms with Crippen molar-refractivity contribution in [3.05, 3.63) is 73.4 Å². The second-order valence-corrected chi connectivity index (χ2v) is 7.31. The maximum atomic E-state index is 13.2. The number of carbonyl (C=O) groups excluding carboxylic acids is 1. The van der Waals surface area contributed by atoms with Gasteiger partial charge in [-0.1, -0.05) is 29.4 Å². The van der Waals surface area contributed by atoms with E-state index < -0.39 is 0 Å². The molecule has 1 aliphatic heterocycles. The van der Waals surface area contributed by atoms with Crippen molar-refractivity contribution < 1.29 is 9.32 Å². The number of hydrogen-bond acceptors (Lipinski definition) is 4. The minimum atomic E-state index is -0.250. The van der Waals surface area contributed by atoms with Gasteiger partial charge in [0.15, 0.2) is 11.5 Å². The van der Waals surface area contributed by atoms with Gasteiger partial charge < -0.3 is 14.0 Å². The lowest BCUT2D eigenvalue weighted by atomic mass is 9.88. The first-order valence-corrected chi connectivity index (χ1v) is 9.56. The van der Waals surface area contributed by atoms with Crippen LogP contribution in [0.3, 0.4) is 0 Å². The highest BCUT2D eigenvalue weighted by Gasteiger charge is 2.42. The summed E-state index contributed by atoms with van der Waals surface area (Å²) in [5.41, 5.74) is 2.04. The van der Waals surface area contributed by atoms with Crippen molar-refractivity contribution >= 4 is 16.9 Å². The second kappa shape index (κ2) is 7.46. The predicted molar refractivity (Wildman–Crippen MR) is 108 cm³/mol. The third kappa shape index (κ3) is 3.15. The maximum Gasteiger partial charge on any atom is 0.276 e. The summed E-state index contributed by atoms with van der Waals surface area (Å²) in [5, 5.41) is 4.06. The van der Waals surface area contributed by atoms with Crippen LogP contribution in [-0.2, 0) is 6.54 Å². The summed E-state index contributed by atoms with van der Waals surface area (Å²) in [6, 6.07) is 9.64. The Morgan fingerprint density at radius 2 is 2.04 bits per heavy atom. The van der Waals surface area contributed by atoms with Crippen LogP contribution in [0.15, 0.2) is 66.5 Å². The van der Waals surface area contributed by atoms with Gasteiger partial charge in [-0.25, -0.2) is 4.98 Å². The van der Waals surface area contributed by atoms with E-state index in [1.54, 1.807) is 12.4 Å². The normalized spacial score (nSPS) is 15.8. The summed E-state index contributed by atoms with van der Waals surface area (Å²) in [6.07, 6.45) is 8.95. The van der Waals surface area contributed by atoms with E-state index in [2.05, 4.69) is 23.3 Å². The molecule has 1 amide bonds. The number of imidazole rings is 1. The van der Waals surface area contributed by atoms with Crippen molar-refractivity contribution in [3.8, 4) is 0 Å². The van der Waals surface area contributed by atoms with Crippen LogP contribution in [0.25, 0.3) is 11.0 Å². The first kappa shape index (κ1) is 18.2. The number of fused-ring (bicyclic) bond motifs is 1. The highest BCUT2D eigenvalue weighted by atomic mass is 16.5. The Morgan fingerprint density at radius 3 is 2.82 bits per heavy atom. The van der Waals surface area contributed by atoms with Gasteiger partial charge in [-0.05, 0) is 37.8 Å². The highest BCUT2D eigenvalue weighted by Crippen LogP contribution is 2.37. The van der Waals surface area contributed by atoms with Gasteiger partial charge in [-0.2, -0.15) is 0 Å². The molecule has 0 radical (unpaired) electrons. The van der Waals surface area contributed by atoms with E-state index in [1.165, 1.54) is 0 Å². The van der Waals surface area contributed by atoms with E-state index in [0.29, 0.717) is 18.0 Å². The second-order valence-electron chi connectivity index (χ2n) is 7.31. The molecule has 144 valence electrons. The molecule has 0 bridgehead atoms. The SMILES string of the molecule is C=CCC1(CC=C)CCCN1C(=O)c1cc(Cn2cnc3ccccc32)on1. The Morgan fingerprint density at radius 1 is 1.25 bits per heavy atom. The van der Waals surface area contributed by atoms with Crippen LogP contribution >= 0.6 is 0 Å². The number of benzene rings is 1. The van der Waals surface area contributed by atoms with Crippen LogP contribution in [-0.4, -0.2) is 37.6 Å². The predicted octanol–water partition coefficient (Wildman–Crippen LogP) is 4.20. The highest BCUT2D eigenvalue weighted by molar-refractivity contribution is 5.93. The Hall–Kier alpha value is -3.15. The number of hydrogen-bond donors (Lipinski definition) is 0. The van der Waals surface area contributed by atoms with Gasteiger partial charge in [0.25, 0.3) is 5.91 Å². The van der Waals surface area contributed by atoms with Gasteiger partial charge in [0, 0.05) is 12.6 Å². The van der Waals surface area contributed by atoms with E-state index in [0.717, 1.165) is 43.3 Å². The van der Waals surface area contributed by atoms with Crippen LogP contribution in [0.2, 0.25) is 0 Å². The summed E-state index contributed by atoms with van der Waals surface area (Å²) < 4.78 is 7.46. The summed E-state index contributed by atoms with van der Waals surface area (Å²) in [5.74, 6) is 0.537. The minimum Gasteiger partial charge on any atom is -0.359 e. The Bertz CT molecular complexity index is 1010. The van der Waals surface area contributed by atoms with E-state index in [1.807, 2.05) is 45.9 Å². The molecule has 0 spiro atoms. The van der Waals surface area contributed by atoms with Crippen molar-refractivity contribution in [2.24, 2.45) is 0 Å². The number of likely N-dealkylation sites (tertiary alicyclic amines) is 1. The molecule has 0 atom stereocenters. The van der Waals surface area contributed by atoms with Crippen molar-refractivity contribution in [3.63, 3.8) is 0 Å². The topological polar surface area (TPSA) is 64.2 Å². The average Bonchev–Trinajstić information content (AvgIpc) is 3.42. The number of aromatic nitrogens is 3. The number of para-hydroxylation sites is 2. The van der Waals surface area contributed by atoms with Crippen molar-refractivity contribution in [2.75, 3.05) is 6.54 Å². The molecule has 3 aromatic rings. The third-order valence-corrected chi connectivity index (χ3v) is 5.52. The molecule has 1 aromatic carbocycles. The molecule has 1 aliphatic rings. The molecule has 0 aliphatic carbocycles. The molecular formula is C22H24N4O2. The van der Waals surface area contributed by atoms with Gasteiger partial charge in [0.1, 0.15) is 0 Å². The fraction of sp³-hybridized carbons (Fsp3) is 0.318. The van der Waals surface area contributed by atoms with Crippen LogP contribution in [0.1, 0.15) is 41.9 Å². The van der Waals surface area contributed by atoms with Crippen molar-refractivity contribution in [1.82, 2.24) is 19.6 Å². The largest absolute Gasteiger partial charge is 0.359 e. The van der Waals surface area contributed by atoms with Gasteiger partial charge in [0.2, 0.25) is 0 Å². The number of carbonyl (C=O) groups is 1. The zero-order valence-electron chi connectivity index (χ0n) is 15.9. The molecule has 4 rings (SSSR count). The van der Waals surface area contributed by atoms with Gasteiger partial charge >= 0.3 is 0 Å². The smallest absolute Gasteiger partial charge is 0.276 e. The molecule has 2 aromatic heterocycles. The molecule has 1 saturated heterocycles. The van der Waals surface area contributed by atoms with Gasteiger partial charge in [-0.3, -0.25) is 4.79 Å². The summed E-state index contributed by atoms with van der Waals surface area (Å²) in [7, 11) is 0. The fourth-order valence-electron chi connectivity index (χ4n) is 4.23. The molecule has 6 heteroatoms. The molecule has 0 unspecified atom stereocenters. The van der Waals surface area contributed by atoms with E-state index in [9.17, 15) is 4.79 Å². The Labute approximate surface area is 164 Å². The molecule has 0 N–H and O–H groups in total. The average molecular weight is 376 g/mol. The number of nitrogens with zero attached hydrogens (tertiary/aromatic N) is 4. The third-order valence-electron chi connectivity index (χ3n) is 5.52. The zero-order chi connectivity index (χ0) is 19.6. The number of rotatable bonds is 7. The number of amides is 1. The van der Waals surface area contributed by atoms with E-state index in [-0.39, 0.29) is 11.4 Å². The van der Waals surface area contributed by atoms with Crippen molar-refractivity contribution in [2.45, 2.75) is 37.8 Å². The van der Waals surface area contributed by atoms with Crippen LogP contribution < -0.4 is 0 Å². The molecule has 0 saturated carbocycles. The summed E-state index contributed by atoms with van der Waals surface area (Å²) in [6.45, 7) is 8.94. The quantitative estimate of drug-likeness (QED) is 0.580. The van der Waals surface area contributed by atoms with Crippen LogP contribution in [0, 0.1) is 0 Å². The lowest BCUT2D eigenvalue weighted by molar-refractivity contribution is 0.0591. The molecule has 28 heavy (non-hydrogen) atoms. The lowest BCUT2D eigenvalue weighted by Crippen LogP contribution is -2.46. The fourth-order valence-corrected chi connectivity index (χ4v) is 4.23. The molecule has 1 fully saturated rings. The molecule has 6 nitrogen and oxygen atoms in total. The van der Waals surface area contributed by atoms with Gasteiger partial charge in [0.05, 0.1) is 29.4 Å². The lowest BCUT2D eigenvalue weighted by Gasteiger charge is -2.37. The van der Waals surface area contributed by atoms with E-state index >= 15 is 0 Å². The van der Waals surface area contributed by atoms with Crippen molar-refractivity contribution in [1.29, 1.82) is 0 Å². The Balaban J connectivity index is 1.56. The Kier molecular flexibility index (Phi) is 4.86.